The minimum atomic E-state index is -1.06. The Bertz CT molecular complexity index is 1020. The Labute approximate surface area is 193 Å². The van der Waals surface area contributed by atoms with E-state index < -0.39 is 17.9 Å². The first-order valence-electron chi connectivity index (χ1n) is 10.4. The average Bonchev–Trinajstić information content (AvgIpc) is 2.83. The van der Waals surface area contributed by atoms with E-state index in [1.54, 1.807) is 7.11 Å². The Hall–Kier alpha value is -3.25. The SMILES string of the molecule is COc1ccc(-c2ccc(C[C@H](NC(=O)[C@@H](CS)Cc3ccccc3)C(=O)O)cc2)cc1. The van der Waals surface area contributed by atoms with E-state index in [1.165, 1.54) is 0 Å². The maximum absolute atomic E-state index is 12.7. The second-order valence-electron chi connectivity index (χ2n) is 7.60. The molecule has 3 rings (SSSR count). The highest BCUT2D eigenvalue weighted by Crippen LogP contribution is 2.23. The molecule has 0 heterocycles. The predicted molar refractivity (Wildman–Crippen MR) is 129 cm³/mol. The molecule has 0 aromatic heterocycles. The lowest BCUT2D eigenvalue weighted by Gasteiger charge is -2.19. The molecule has 2 atom stereocenters. The topological polar surface area (TPSA) is 75.6 Å². The zero-order valence-electron chi connectivity index (χ0n) is 17.9. The van der Waals surface area contributed by atoms with Gasteiger partial charge >= 0.3 is 5.97 Å². The van der Waals surface area contributed by atoms with Crippen LogP contribution in [0, 0.1) is 5.92 Å². The molecule has 0 unspecified atom stereocenters. The molecule has 0 aliphatic rings. The van der Waals surface area contributed by atoms with Gasteiger partial charge in [0.05, 0.1) is 13.0 Å². The van der Waals surface area contributed by atoms with Crippen LogP contribution in [0.15, 0.2) is 78.9 Å². The number of hydrogen-bond acceptors (Lipinski definition) is 4. The van der Waals surface area contributed by atoms with Crippen LogP contribution in [0.5, 0.6) is 5.75 Å². The molecule has 0 fully saturated rings. The van der Waals surface area contributed by atoms with Crippen LogP contribution < -0.4 is 10.1 Å². The van der Waals surface area contributed by atoms with Crippen molar-refractivity contribution in [3.63, 3.8) is 0 Å². The number of carboxylic acids is 1. The summed E-state index contributed by atoms with van der Waals surface area (Å²) in [5.74, 6) is -0.637. The molecule has 6 heteroatoms. The van der Waals surface area contributed by atoms with E-state index in [2.05, 4.69) is 17.9 Å². The second-order valence-corrected chi connectivity index (χ2v) is 7.96. The van der Waals surface area contributed by atoms with Gasteiger partial charge in [0.25, 0.3) is 0 Å². The molecule has 1 amide bonds. The Morgan fingerprint density at radius 1 is 0.875 bits per heavy atom. The molecule has 0 aliphatic heterocycles. The van der Waals surface area contributed by atoms with E-state index in [0.717, 1.165) is 28.0 Å². The van der Waals surface area contributed by atoms with Crippen molar-refractivity contribution in [2.45, 2.75) is 18.9 Å². The van der Waals surface area contributed by atoms with Gasteiger partial charge < -0.3 is 15.2 Å². The summed E-state index contributed by atoms with van der Waals surface area (Å²) in [6.07, 6.45) is 0.716. The van der Waals surface area contributed by atoms with Gasteiger partial charge in [-0.1, -0.05) is 66.7 Å². The van der Waals surface area contributed by atoms with Gasteiger partial charge in [-0.2, -0.15) is 12.6 Å². The van der Waals surface area contributed by atoms with E-state index in [4.69, 9.17) is 4.74 Å². The third kappa shape index (κ3) is 6.37. The predicted octanol–water partition coefficient (Wildman–Crippen LogP) is 4.26. The molecule has 3 aromatic rings. The lowest BCUT2D eigenvalue weighted by atomic mass is 9.98. The first kappa shape index (κ1) is 23.4. The molecule has 0 bridgehead atoms. The molecule has 5 nitrogen and oxygen atoms in total. The van der Waals surface area contributed by atoms with E-state index in [1.807, 2.05) is 78.9 Å². The molecule has 0 saturated carbocycles. The Kier molecular flexibility index (Phi) is 8.34. The summed E-state index contributed by atoms with van der Waals surface area (Å²) in [7, 11) is 1.63. The molecule has 166 valence electrons. The van der Waals surface area contributed by atoms with Crippen LogP contribution in [0.2, 0.25) is 0 Å². The zero-order valence-corrected chi connectivity index (χ0v) is 18.8. The first-order chi connectivity index (χ1) is 15.5. The summed E-state index contributed by atoms with van der Waals surface area (Å²) >= 11 is 4.30. The van der Waals surface area contributed by atoms with Gasteiger partial charge in [-0.25, -0.2) is 4.79 Å². The van der Waals surface area contributed by atoms with Crippen molar-refractivity contribution in [2.24, 2.45) is 5.92 Å². The lowest BCUT2D eigenvalue weighted by molar-refractivity contribution is -0.142. The lowest BCUT2D eigenvalue weighted by Crippen LogP contribution is -2.45. The minimum absolute atomic E-state index is 0.203. The summed E-state index contributed by atoms with van der Waals surface area (Å²) in [6, 6.07) is 24.0. The van der Waals surface area contributed by atoms with Crippen molar-refractivity contribution in [1.82, 2.24) is 5.32 Å². The van der Waals surface area contributed by atoms with Crippen molar-refractivity contribution >= 4 is 24.5 Å². The van der Waals surface area contributed by atoms with Crippen molar-refractivity contribution in [3.05, 3.63) is 90.0 Å². The van der Waals surface area contributed by atoms with Crippen LogP contribution in [0.25, 0.3) is 11.1 Å². The molecule has 0 radical (unpaired) electrons. The van der Waals surface area contributed by atoms with Crippen LogP contribution in [0.3, 0.4) is 0 Å². The van der Waals surface area contributed by atoms with Crippen molar-refractivity contribution in [1.29, 1.82) is 0 Å². The summed E-state index contributed by atoms with van der Waals surface area (Å²) in [4.78, 5) is 24.6. The van der Waals surface area contributed by atoms with Gasteiger partial charge in [0.15, 0.2) is 0 Å². The summed E-state index contributed by atoms with van der Waals surface area (Å²) in [5, 5.41) is 12.4. The van der Waals surface area contributed by atoms with Crippen LogP contribution in [0.4, 0.5) is 0 Å². The van der Waals surface area contributed by atoms with E-state index >= 15 is 0 Å². The fourth-order valence-corrected chi connectivity index (χ4v) is 3.78. The van der Waals surface area contributed by atoms with E-state index in [0.29, 0.717) is 12.2 Å². The van der Waals surface area contributed by atoms with Gasteiger partial charge in [-0.05, 0) is 40.8 Å². The molecule has 2 N–H and O–H groups in total. The Morgan fingerprint density at radius 2 is 1.44 bits per heavy atom. The fraction of sp³-hybridized carbons (Fsp3) is 0.231. The minimum Gasteiger partial charge on any atom is -0.497 e. The molecular weight excluding hydrogens is 422 g/mol. The first-order valence-corrected chi connectivity index (χ1v) is 11.0. The number of hydrogen-bond donors (Lipinski definition) is 3. The Balaban J connectivity index is 1.65. The number of carbonyl (C=O) groups excluding carboxylic acids is 1. The van der Waals surface area contributed by atoms with Gasteiger partial charge in [0.1, 0.15) is 11.8 Å². The van der Waals surface area contributed by atoms with Crippen LogP contribution in [-0.2, 0) is 22.4 Å². The van der Waals surface area contributed by atoms with Crippen molar-refractivity contribution < 1.29 is 19.4 Å². The molecule has 3 aromatic carbocycles. The highest BCUT2D eigenvalue weighted by molar-refractivity contribution is 7.80. The largest absolute Gasteiger partial charge is 0.497 e. The molecular formula is C26H27NO4S. The zero-order chi connectivity index (χ0) is 22.9. The average molecular weight is 450 g/mol. The van der Waals surface area contributed by atoms with Crippen LogP contribution >= 0.6 is 12.6 Å². The molecule has 0 saturated heterocycles. The van der Waals surface area contributed by atoms with Crippen molar-refractivity contribution in [3.8, 4) is 16.9 Å². The molecule has 0 aliphatic carbocycles. The highest BCUT2D eigenvalue weighted by atomic mass is 32.1. The monoisotopic (exact) mass is 449 g/mol. The van der Waals surface area contributed by atoms with Crippen molar-refractivity contribution in [2.75, 3.05) is 12.9 Å². The van der Waals surface area contributed by atoms with Gasteiger partial charge in [0, 0.05) is 12.2 Å². The number of carboxylic acid groups (broad SMARTS) is 1. The molecule has 0 spiro atoms. The van der Waals surface area contributed by atoms with Gasteiger partial charge in [0.2, 0.25) is 5.91 Å². The van der Waals surface area contributed by atoms with Gasteiger partial charge in [-0.3, -0.25) is 4.79 Å². The number of nitrogens with one attached hydrogen (secondary N) is 1. The number of methoxy groups -OCH3 is 1. The second kappa shape index (κ2) is 11.4. The van der Waals surface area contributed by atoms with Crippen LogP contribution in [-0.4, -0.2) is 35.9 Å². The van der Waals surface area contributed by atoms with Gasteiger partial charge in [-0.15, -0.1) is 0 Å². The van der Waals surface area contributed by atoms with Crippen LogP contribution in [0.1, 0.15) is 11.1 Å². The smallest absolute Gasteiger partial charge is 0.326 e. The van der Waals surface area contributed by atoms with E-state index in [-0.39, 0.29) is 12.3 Å². The third-order valence-corrected chi connectivity index (χ3v) is 5.79. The summed E-state index contributed by atoms with van der Waals surface area (Å²) in [6.45, 7) is 0. The maximum atomic E-state index is 12.7. The number of thiol groups is 1. The fourth-order valence-electron chi connectivity index (χ4n) is 3.48. The summed E-state index contributed by atoms with van der Waals surface area (Å²) < 4.78 is 5.19. The number of carbonyl (C=O) groups is 2. The standard InChI is InChI=1S/C26H27NO4S/c1-31-23-13-11-21(12-14-23)20-9-7-19(8-10-20)16-24(26(29)30)27-25(28)22(17-32)15-18-5-3-2-4-6-18/h2-14,22,24,32H,15-17H2,1H3,(H,27,28)(H,29,30)/t22-,24+/m1/s1. The number of aliphatic carboxylic acids is 1. The number of amides is 1. The molecule has 32 heavy (non-hydrogen) atoms. The Morgan fingerprint density at radius 3 is 1.97 bits per heavy atom. The quantitative estimate of drug-likeness (QED) is 0.404. The highest BCUT2D eigenvalue weighted by Gasteiger charge is 2.25. The number of benzene rings is 3. The third-order valence-electron chi connectivity index (χ3n) is 5.35. The normalized spacial score (nSPS) is 12.6. The summed E-state index contributed by atoms with van der Waals surface area (Å²) in [5.41, 5.74) is 3.91. The maximum Gasteiger partial charge on any atom is 0.326 e. The number of ether oxygens (including phenoxy) is 1. The van der Waals surface area contributed by atoms with E-state index in [9.17, 15) is 14.7 Å². The number of rotatable bonds is 10.